The smallest absolute Gasteiger partial charge is 0.315 e. The Morgan fingerprint density at radius 1 is 1.19 bits per heavy atom. The summed E-state index contributed by atoms with van der Waals surface area (Å²) in [5.74, 6) is -0.270. The molecule has 2 aromatic carbocycles. The van der Waals surface area contributed by atoms with E-state index < -0.39 is 23.8 Å². The topological polar surface area (TPSA) is 79.5 Å². The van der Waals surface area contributed by atoms with E-state index in [0.29, 0.717) is 17.0 Å². The van der Waals surface area contributed by atoms with Crippen molar-refractivity contribution in [2.45, 2.75) is 19.9 Å². The number of anilines is 1. The summed E-state index contributed by atoms with van der Waals surface area (Å²) < 4.78 is 18.9. The minimum Gasteiger partial charge on any atom is -0.495 e. The molecule has 0 aliphatic carbocycles. The van der Waals surface area contributed by atoms with Gasteiger partial charge in [0.05, 0.1) is 25.4 Å². The second-order valence-corrected chi connectivity index (χ2v) is 5.82. The van der Waals surface area contributed by atoms with E-state index in [4.69, 9.17) is 4.74 Å². The first-order valence-corrected chi connectivity index (χ1v) is 8.14. The predicted octanol–water partition coefficient (Wildman–Crippen LogP) is 3.14. The number of rotatable bonds is 6. The lowest BCUT2D eigenvalue weighted by Crippen LogP contribution is -2.41. The van der Waals surface area contributed by atoms with Crippen LogP contribution in [0.25, 0.3) is 0 Å². The first kappa shape index (κ1) is 19.2. The average Bonchev–Trinajstić information content (AvgIpc) is 2.60. The fourth-order valence-electron chi connectivity index (χ4n) is 2.43. The maximum absolute atomic E-state index is 13.7. The summed E-state index contributed by atoms with van der Waals surface area (Å²) in [4.78, 5) is 24.0. The molecule has 7 heteroatoms. The highest BCUT2D eigenvalue weighted by Gasteiger charge is 2.14. The fourth-order valence-corrected chi connectivity index (χ4v) is 2.43. The van der Waals surface area contributed by atoms with Crippen molar-refractivity contribution < 1.29 is 18.7 Å². The van der Waals surface area contributed by atoms with Crippen LogP contribution >= 0.6 is 0 Å². The Bertz CT molecular complexity index is 795. The predicted molar refractivity (Wildman–Crippen MR) is 97.7 cm³/mol. The number of methoxy groups -OCH3 is 1. The zero-order valence-corrected chi connectivity index (χ0v) is 14.9. The van der Waals surface area contributed by atoms with Crippen LogP contribution in [0.5, 0.6) is 5.75 Å². The Morgan fingerprint density at radius 3 is 2.62 bits per heavy atom. The largest absolute Gasteiger partial charge is 0.495 e. The molecule has 0 aromatic heterocycles. The number of carbonyl (C=O) groups excluding carboxylic acids is 2. The molecule has 6 nitrogen and oxygen atoms in total. The van der Waals surface area contributed by atoms with Gasteiger partial charge in [0.15, 0.2) is 0 Å². The maximum Gasteiger partial charge on any atom is 0.315 e. The van der Waals surface area contributed by atoms with Crippen LogP contribution in [0.2, 0.25) is 0 Å². The standard InChI is InChI=1S/C19H22FN3O3/c1-12-8-9-17(26-3)16(10-12)23-18(24)11-21-19(25)22-13(2)14-6-4-5-7-15(14)20/h4-10,13H,11H2,1-3H3,(H,23,24)(H2,21,22,25)/t13-/m1/s1. The van der Waals surface area contributed by atoms with Crippen molar-refractivity contribution in [3.8, 4) is 5.75 Å². The Balaban J connectivity index is 1.86. The van der Waals surface area contributed by atoms with Crippen LogP contribution in [0.4, 0.5) is 14.9 Å². The van der Waals surface area contributed by atoms with Gasteiger partial charge < -0.3 is 20.7 Å². The highest BCUT2D eigenvalue weighted by atomic mass is 19.1. The first-order valence-electron chi connectivity index (χ1n) is 8.14. The molecule has 2 aromatic rings. The summed E-state index contributed by atoms with van der Waals surface area (Å²) in [5.41, 5.74) is 1.86. The zero-order valence-electron chi connectivity index (χ0n) is 14.9. The number of amides is 3. The lowest BCUT2D eigenvalue weighted by molar-refractivity contribution is -0.115. The van der Waals surface area contributed by atoms with E-state index in [-0.39, 0.29) is 6.54 Å². The lowest BCUT2D eigenvalue weighted by Gasteiger charge is -2.16. The number of carbonyl (C=O) groups is 2. The van der Waals surface area contributed by atoms with Gasteiger partial charge in [0.2, 0.25) is 5.91 Å². The Morgan fingerprint density at radius 2 is 1.92 bits per heavy atom. The van der Waals surface area contributed by atoms with Crippen LogP contribution in [0.3, 0.4) is 0 Å². The summed E-state index contributed by atoms with van der Waals surface area (Å²) in [6.07, 6.45) is 0. The number of ether oxygens (including phenoxy) is 1. The molecule has 26 heavy (non-hydrogen) atoms. The van der Waals surface area contributed by atoms with E-state index in [1.165, 1.54) is 13.2 Å². The minimum atomic E-state index is -0.563. The lowest BCUT2D eigenvalue weighted by atomic mass is 10.1. The molecule has 0 fully saturated rings. The second-order valence-electron chi connectivity index (χ2n) is 5.82. The van der Waals surface area contributed by atoms with E-state index in [1.54, 1.807) is 37.3 Å². The van der Waals surface area contributed by atoms with Gasteiger partial charge in [-0.2, -0.15) is 0 Å². The molecule has 0 saturated carbocycles. The normalized spacial score (nSPS) is 11.4. The van der Waals surface area contributed by atoms with E-state index in [2.05, 4.69) is 16.0 Å². The molecule has 0 unspecified atom stereocenters. The van der Waals surface area contributed by atoms with Gasteiger partial charge >= 0.3 is 6.03 Å². The van der Waals surface area contributed by atoms with Gasteiger partial charge in [-0.15, -0.1) is 0 Å². The molecule has 0 saturated heterocycles. The molecule has 2 rings (SSSR count). The number of benzene rings is 2. The SMILES string of the molecule is COc1ccc(C)cc1NC(=O)CNC(=O)N[C@H](C)c1ccccc1F. The third kappa shape index (κ3) is 5.20. The van der Waals surface area contributed by atoms with Gasteiger partial charge in [-0.1, -0.05) is 24.3 Å². The highest BCUT2D eigenvalue weighted by Crippen LogP contribution is 2.24. The van der Waals surface area contributed by atoms with E-state index in [0.717, 1.165) is 5.56 Å². The van der Waals surface area contributed by atoms with Crippen LogP contribution in [-0.2, 0) is 4.79 Å². The summed E-state index contributed by atoms with van der Waals surface area (Å²) >= 11 is 0. The zero-order chi connectivity index (χ0) is 19.1. The second kappa shape index (κ2) is 8.84. The Hall–Kier alpha value is -3.09. The van der Waals surface area contributed by atoms with Crippen LogP contribution in [0.1, 0.15) is 24.1 Å². The molecular weight excluding hydrogens is 337 g/mol. The van der Waals surface area contributed by atoms with Crippen LogP contribution in [-0.4, -0.2) is 25.6 Å². The van der Waals surface area contributed by atoms with E-state index in [1.807, 2.05) is 13.0 Å². The van der Waals surface area contributed by atoms with Gasteiger partial charge in [-0.05, 0) is 37.6 Å². The van der Waals surface area contributed by atoms with Crippen LogP contribution in [0.15, 0.2) is 42.5 Å². The summed E-state index contributed by atoms with van der Waals surface area (Å²) in [5, 5.41) is 7.73. The average molecular weight is 359 g/mol. The van der Waals surface area contributed by atoms with Gasteiger partial charge in [-0.25, -0.2) is 9.18 Å². The van der Waals surface area contributed by atoms with Crippen molar-refractivity contribution in [2.75, 3.05) is 19.0 Å². The van der Waals surface area contributed by atoms with E-state index in [9.17, 15) is 14.0 Å². The van der Waals surface area contributed by atoms with Gasteiger partial charge in [0.25, 0.3) is 0 Å². The molecule has 138 valence electrons. The Kier molecular flexibility index (Phi) is 6.54. The summed E-state index contributed by atoms with van der Waals surface area (Å²) in [6.45, 7) is 3.33. The van der Waals surface area contributed by atoms with Gasteiger partial charge in [-0.3, -0.25) is 4.79 Å². The highest BCUT2D eigenvalue weighted by molar-refractivity contribution is 5.95. The maximum atomic E-state index is 13.7. The van der Waals surface area contributed by atoms with E-state index >= 15 is 0 Å². The first-order chi connectivity index (χ1) is 12.4. The van der Waals surface area contributed by atoms with Crippen molar-refractivity contribution in [3.05, 3.63) is 59.4 Å². The number of urea groups is 1. The monoisotopic (exact) mass is 359 g/mol. The molecule has 0 aliphatic rings. The van der Waals surface area contributed by atoms with Crippen molar-refractivity contribution in [1.29, 1.82) is 0 Å². The quantitative estimate of drug-likeness (QED) is 0.741. The van der Waals surface area contributed by atoms with Crippen molar-refractivity contribution >= 4 is 17.6 Å². The molecular formula is C19H22FN3O3. The van der Waals surface area contributed by atoms with Crippen molar-refractivity contribution in [3.63, 3.8) is 0 Å². The molecule has 0 radical (unpaired) electrons. The number of hydrogen-bond donors (Lipinski definition) is 3. The fraction of sp³-hybridized carbons (Fsp3) is 0.263. The van der Waals surface area contributed by atoms with Gasteiger partial charge in [0.1, 0.15) is 11.6 Å². The van der Waals surface area contributed by atoms with Crippen LogP contribution < -0.4 is 20.7 Å². The van der Waals surface area contributed by atoms with Crippen molar-refractivity contribution in [2.24, 2.45) is 0 Å². The van der Waals surface area contributed by atoms with Gasteiger partial charge in [0, 0.05) is 5.56 Å². The molecule has 0 aliphatic heterocycles. The number of hydrogen-bond acceptors (Lipinski definition) is 3. The summed E-state index contributed by atoms with van der Waals surface area (Å²) in [6, 6.07) is 10.5. The molecule has 3 amide bonds. The molecule has 3 N–H and O–H groups in total. The third-order valence-electron chi connectivity index (χ3n) is 3.76. The minimum absolute atomic E-state index is 0.229. The molecule has 0 spiro atoms. The molecule has 1 atom stereocenters. The van der Waals surface area contributed by atoms with Crippen LogP contribution in [0, 0.1) is 12.7 Å². The summed E-state index contributed by atoms with van der Waals surface area (Å²) in [7, 11) is 1.51. The number of halogens is 1. The van der Waals surface area contributed by atoms with Crippen molar-refractivity contribution in [1.82, 2.24) is 10.6 Å². The number of aryl methyl sites for hydroxylation is 1. The molecule has 0 heterocycles. The third-order valence-corrected chi connectivity index (χ3v) is 3.76. The number of nitrogens with one attached hydrogen (secondary N) is 3. The molecule has 0 bridgehead atoms. The Labute approximate surface area is 151 Å².